The second kappa shape index (κ2) is 6.05. The fourth-order valence-electron chi connectivity index (χ4n) is 2.04. The number of rotatable bonds is 4. The van der Waals surface area contributed by atoms with Crippen molar-refractivity contribution in [3.05, 3.63) is 59.1 Å². The van der Waals surface area contributed by atoms with Crippen molar-refractivity contribution < 1.29 is 13.5 Å². The van der Waals surface area contributed by atoms with Gasteiger partial charge in [-0.1, -0.05) is 35.9 Å². The highest BCUT2D eigenvalue weighted by Gasteiger charge is 2.27. The van der Waals surface area contributed by atoms with Gasteiger partial charge in [0.1, 0.15) is 5.75 Å². The van der Waals surface area contributed by atoms with Gasteiger partial charge in [-0.2, -0.15) is 4.31 Å². The van der Waals surface area contributed by atoms with Crippen molar-refractivity contribution in [2.24, 2.45) is 0 Å². The van der Waals surface area contributed by atoms with E-state index in [9.17, 15) is 13.5 Å². The lowest BCUT2D eigenvalue weighted by atomic mass is 10.1. The molecular weight excluding hydrogens is 310 g/mol. The third kappa shape index (κ3) is 3.20. The van der Waals surface area contributed by atoms with Gasteiger partial charge in [-0.15, -0.1) is 0 Å². The highest BCUT2D eigenvalue weighted by molar-refractivity contribution is 7.89. The van der Waals surface area contributed by atoms with Crippen molar-refractivity contribution in [1.82, 2.24) is 4.31 Å². The van der Waals surface area contributed by atoms with E-state index in [1.165, 1.54) is 29.6 Å². The summed E-state index contributed by atoms with van der Waals surface area (Å²) in [4.78, 5) is 0.125. The van der Waals surface area contributed by atoms with E-state index in [-0.39, 0.29) is 10.6 Å². The molecular formula is C15H16ClNO3S. The summed E-state index contributed by atoms with van der Waals surface area (Å²) in [5.74, 6) is 0.0677. The van der Waals surface area contributed by atoms with E-state index in [4.69, 9.17) is 11.6 Å². The van der Waals surface area contributed by atoms with Gasteiger partial charge in [0.15, 0.2) is 0 Å². The molecule has 2 rings (SSSR count). The van der Waals surface area contributed by atoms with E-state index in [0.717, 1.165) is 0 Å². The molecule has 2 aromatic carbocycles. The van der Waals surface area contributed by atoms with Crippen LogP contribution in [0.4, 0.5) is 0 Å². The van der Waals surface area contributed by atoms with Crippen molar-refractivity contribution in [3.8, 4) is 5.75 Å². The predicted molar refractivity (Wildman–Crippen MR) is 82.9 cm³/mol. The molecule has 0 saturated heterocycles. The van der Waals surface area contributed by atoms with Gasteiger partial charge in [0.25, 0.3) is 0 Å². The van der Waals surface area contributed by atoms with Crippen molar-refractivity contribution in [3.63, 3.8) is 0 Å². The van der Waals surface area contributed by atoms with E-state index in [2.05, 4.69) is 0 Å². The lowest BCUT2D eigenvalue weighted by Gasteiger charge is -2.25. The third-order valence-electron chi connectivity index (χ3n) is 3.41. The fourth-order valence-corrected chi connectivity index (χ4v) is 3.68. The lowest BCUT2D eigenvalue weighted by Crippen LogP contribution is -2.29. The number of phenols is 1. The SMILES string of the molecule is CC(c1ccccc1O)N(C)S(=O)(=O)c1cccc(Cl)c1. The van der Waals surface area contributed by atoms with Crippen LogP contribution in [0.15, 0.2) is 53.4 Å². The maximum Gasteiger partial charge on any atom is 0.243 e. The Balaban J connectivity index is 2.39. The Kier molecular flexibility index (Phi) is 4.56. The zero-order valence-electron chi connectivity index (χ0n) is 11.7. The molecule has 0 spiro atoms. The van der Waals surface area contributed by atoms with Crippen LogP contribution in [-0.2, 0) is 10.0 Å². The Morgan fingerprint density at radius 3 is 2.43 bits per heavy atom. The molecule has 0 aliphatic carbocycles. The van der Waals surface area contributed by atoms with E-state index in [1.54, 1.807) is 37.3 Å². The van der Waals surface area contributed by atoms with Crippen LogP contribution in [0.3, 0.4) is 0 Å². The number of phenolic OH excluding ortho intramolecular Hbond substituents is 1. The molecule has 6 heteroatoms. The summed E-state index contributed by atoms with van der Waals surface area (Å²) in [5, 5.41) is 10.2. The van der Waals surface area contributed by atoms with E-state index in [0.29, 0.717) is 10.6 Å². The van der Waals surface area contributed by atoms with E-state index in [1.807, 2.05) is 0 Å². The summed E-state index contributed by atoms with van der Waals surface area (Å²) in [6.07, 6.45) is 0. The number of nitrogens with zero attached hydrogens (tertiary/aromatic N) is 1. The Labute approximate surface area is 129 Å². The first kappa shape index (κ1) is 15.8. The predicted octanol–water partition coefficient (Wildman–Crippen LogP) is 3.43. The van der Waals surface area contributed by atoms with Gasteiger partial charge in [0, 0.05) is 17.6 Å². The van der Waals surface area contributed by atoms with E-state index < -0.39 is 16.1 Å². The van der Waals surface area contributed by atoms with Gasteiger partial charge < -0.3 is 5.11 Å². The number of para-hydroxylation sites is 1. The average molecular weight is 326 g/mol. The molecule has 0 aliphatic heterocycles. The third-order valence-corrected chi connectivity index (χ3v) is 5.56. The van der Waals surface area contributed by atoms with Crippen molar-refractivity contribution in [2.75, 3.05) is 7.05 Å². The Hall–Kier alpha value is -1.56. The quantitative estimate of drug-likeness (QED) is 0.937. The number of benzene rings is 2. The summed E-state index contributed by atoms with van der Waals surface area (Å²) in [6.45, 7) is 1.72. The molecule has 0 saturated carbocycles. The van der Waals surface area contributed by atoms with Crippen molar-refractivity contribution in [2.45, 2.75) is 17.9 Å². The second-order valence-corrected chi connectivity index (χ2v) is 7.15. The summed E-state index contributed by atoms with van der Waals surface area (Å²) in [5.41, 5.74) is 0.547. The van der Waals surface area contributed by atoms with Crippen LogP contribution in [0, 0.1) is 0 Å². The highest BCUT2D eigenvalue weighted by Crippen LogP contribution is 2.31. The molecule has 1 unspecified atom stereocenters. The minimum atomic E-state index is -3.69. The zero-order valence-corrected chi connectivity index (χ0v) is 13.3. The maximum atomic E-state index is 12.6. The van der Waals surface area contributed by atoms with Crippen molar-refractivity contribution >= 4 is 21.6 Å². The van der Waals surface area contributed by atoms with Crippen LogP contribution in [0.25, 0.3) is 0 Å². The van der Waals surface area contributed by atoms with Crippen LogP contribution < -0.4 is 0 Å². The molecule has 1 N–H and O–H groups in total. The molecule has 4 nitrogen and oxygen atoms in total. The monoisotopic (exact) mass is 325 g/mol. The second-order valence-electron chi connectivity index (χ2n) is 4.71. The number of hydrogen-bond donors (Lipinski definition) is 1. The smallest absolute Gasteiger partial charge is 0.243 e. The molecule has 0 aromatic heterocycles. The summed E-state index contributed by atoms with van der Waals surface area (Å²) in [6, 6.07) is 12.3. The topological polar surface area (TPSA) is 57.6 Å². The summed E-state index contributed by atoms with van der Waals surface area (Å²) < 4.78 is 26.4. The first-order valence-electron chi connectivity index (χ1n) is 6.35. The molecule has 112 valence electrons. The first-order valence-corrected chi connectivity index (χ1v) is 8.17. The van der Waals surface area contributed by atoms with E-state index >= 15 is 0 Å². The van der Waals surface area contributed by atoms with Crippen LogP contribution in [0.2, 0.25) is 5.02 Å². The fraction of sp³-hybridized carbons (Fsp3) is 0.200. The number of hydrogen-bond acceptors (Lipinski definition) is 3. The lowest BCUT2D eigenvalue weighted by molar-refractivity contribution is 0.381. The van der Waals surface area contributed by atoms with Crippen LogP contribution in [0.5, 0.6) is 5.75 Å². The number of sulfonamides is 1. The normalized spacial score (nSPS) is 13.3. The number of halogens is 1. The highest BCUT2D eigenvalue weighted by atomic mass is 35.5. The Morgan fingerprint density at radius 1 is 1.14 bits per heavy atom. The van der Waals surface area contributed by atoms with Gasteiger partial charge in [0.2, 0.25) is 10.0 Å². The van der Waals surface area contributed by atoms with Crippen LogP contribution in [-0.4, -0.2) is 24.9 Å². The summed E-state index contributed by atoms with van der Waals surface area (Å²) >= 11 is 5.85. The first-order chi connectivity index (χ1) is 9.84. The van der Waals surface area contributed by atoms with Crippen molar-refractivity contribution in [1.29, 1.82) is 0 Å². The minimum absolute atomic E-state index is 0.0677. The van der Waals surface area contributed by atoms with Gasteiger partial charge >= 0.3 is 0 Å². The van der Waals surface area contributed by atoms with Gasteiger partial charge in [-0.3, -0.25) is 0 Å². The average Bonchev–Trinajstić information content (AvgIpc) is 2.46. The molecule has 21 heavy (non-hydrogen) atoms. The molecule has 0 amide bonds. The largest absolute Gasteiger partial charge is 0.508 e. The van der Waals surface area contributed by atoms with Gasteiger partial charge in [-0.05, 0) is 31.2 Å². The Morgan fingerprint density at radius 2 is 1.81 bits per heavy atom. The zero-order chi connectivity index (χ0) is 15.6. The molecule has 0 bridgehead atoms. The summed E-state index contributed by atoms with van der Waals surface area (Å²) in [7, 11) is -2.21. The van der Waals surface area contributed by atoms with Gasteiger partial charge in [0.05, 0.1) is 10.9 Å². The number of aromatic hydroxyl groups is 1. The maximum absolute atomic E-state index is 12.6. The Bertz CT molecular complexity index is 746. The molecule has 0 aliphatic rings. The molecule has 0 fully saturated rings. The van der Waals surface area contributed by atoms with Gasteiger partial charge in [-0.25, -0.2) is 8.42 Å². The van der Waals surface area contributed by atoms with Crippen LogP contribution in [0.1, 0.15) is 18.5 Å². The molecule has 2 aromatic rings. The standard InChI is InChI=1S/C15H16ClNO3S/c1-11(14-8-3-4-9-15(14)18)17(2)21(19,20)13-7-5-6-12(16)10-13/h3-11,18H,1-2H3. The molecule has 0 radical (unpaired) electrons. The van der Waals surface area contributed by atoms with Crippen LogP contribution >= 0.6 is 11.6 Å². The minimum Gasteiger partial charge on any atom is -0.508 e. The molecule has 0 heterocycles. The molecule has 1 atom stereocenters.